The van der Waals surface area contributed by atoms with Gasteiger partial charge in [0.2, 0.25) is 5.60 Å². The summed E-state index contributed by atoms with van der Waals surface area (Å²) in [7, 11) is 1.36. The third-order valence-corrected chi connectivity index (χ3v) is 3.68. The number of amides is 1. The number of hydrogen-bond donors (Lipinski definition) is 2. The third-order valence-electron chi connectivity index (χ3n) is 3.68. The van der Waals surface area contributed by atoms with Crippen LogP contribution in [0.1, 0.15) is 34.6 Å². The van der Waals surface area contributed by atoms with Crippen molar-refractivity contribution in [3.05, 3.63) is 0 Å². The summed E-state index contributed by atoms with van der Waals surface area (Å²) in [4.78, 5) is 23.7. The molecule has 9 nitrogen and oxygen atoms in total. The van der Waals surface area contributed by atoms with Gasteiger partial charge in [-0.25, -0.2) is 9.59 Å². The Morgan fingerprint density at radius 2 is 1.83 bits per heavy atom. The molecule has 4 atom stereocenters. The molecule has 1 amide bonds. The Balaban J connectivity index is 2.14. The van der Waals surface area contributed by atoms with Gasteiger partial charge in [-0.3, -0.25) is 0 Å². The van der Waals surface area contributed by atoms with E-state index in [1.54, 1.807) is 34.6 Å². The van der Waals surface area contributed by atoms with E-state index in [9.17, 15) is 14.7 Å². The summed E-state index contributed by atoms with van der Waals surface area (Å²) in [6, 6.07) is 0. The van der Waals surface area contributed by atoms with Crippen LogP contribution >= 0.6 is 0 Å². The van der Waals surface area contributed by atoms with Crippen molar-refractivity contribution in [3.63, 3.8) is 0 Å². The molecule has 2 rings (SSSR count). The Bertz CT molecular complexity index is 514. The number of rotatable bonds is 4. The van der Waals surface area contributed by atoms with Crippen molar-refractivity contribution >= 4 is 12.1 Å². The van der Waals surface area contributed by atoms with Gasteiger partial charge in [-0.1, -0.05) is 0 Å². The summed E-state index contributed by atoms with van der Waals surface area (Å²) in [6.45, 7) is 8.16. The maximum atomic E-state index is 11.9. The van der Waals surface area contributed by atoms with Crippen LogP contribution in [0.2, 0.25) is 0 Å². The number of carboxylic acids is 1. The first-order valence-corrected chi connectivity index (χ1v) is 7.67. The number of ether oxygens (including phenoxy) is 5. The van der Waals surface area contributed by atoms with E-state index in [0.717, 1.165) is 0 Å². The predicted octanol–water partition coefficient (Wildman–Crippen LogP) is 0.857. The lowest BCUT2D eigenvalue weighted by molar-refractivity contribution is -0.243. The molecule has 0 radical (unpaired) electrons. The molecule has 24 heavy (non-hydrogen) atoms. The van der Waals surface area contributed by atoms with Crippen molar-refractivity contribution in [2.45, 2.75) is 70.1 Å². The number of hydrogen-bond acceptors (Lipinski definition) is 7. The van der Waals surface area contributed by atoms with Gasteiger partial charge < -0.3 is 34.1 Å². The number of aliphatic carboxylic acids is 1. The van der Waals surface area contributed by atoms with Gasteiger partial charge in [-0.2, -0.15) is 0 Å². The smallest absolute Gasteiger partial charge is 0.407 e. The monoisotopic (exact) mass is 347 g/mol. The molecule has 138 valence electrons. The quantitative estimate of drug-likeness (QED) is 0.770. The molecule has 0 bridgehead atoms. The van der Waals surface area contributed by atoms with Crippen LogP contribution in [0, 0.1) is 0 Å². The molecular weight excluding hydrogens is 322 g/mol. The van der Waals surface area contributed by atoms with E-state index in [4.69, 9.17) is 23.7 Å². The highest BCUT2D eigenvalue weighted by Crippen LogP contribution is 2.43. The summed E-state index contributed by atoms with van der Waals surface area (Å²) in [5.41, 5.74) is -2.54. The molecule has 2 N–H and O–H groups in total. The van der Waals surface area contributed by atoms with E-state index in [-0.39, 0.29) is 6.54 Å². The first-order valence-electron chi connectivity index (χ1n) is 7.67. The van der Waals surface area contributed by atoms with Crippen LogP contribution in [0.3, 0.4) is 0 Å². The zero-order chi connectivity index (χ0) is 18.3. The van der Waals surface area contributed by atoms with E-state index in [1.807, 2.05) is 0 Å². The number of carbonyl (C=O) groups is 2. The molecular formula is C15H25NO8. The van der Waals surface area contributed by atoms with Crippen LogP contribution in [-0.4, -0.2) is 66.3 Å². The Labute approximate surface area is 140 Å². The minimum absolute atomic E-state index is 0.351. The third kappa shape index (κ3) is 3.64. The summed E-state index contributed by atoms with van der Waals surface area (Å²) >= 11 is 0. The van der Waals surface area contributed by atoms with Gasteiger partial charge in [-0.15, -0.1) is 0 Å². The number of nitrogens with one attached hydrogen (secondary N) is 1. The highest BCUT2D eigenvalue weighted by atomic mass is 16.8. The second kappa shape index (κ2) is 6.14. The maximum absolute atomic E-state index is 11.9. The number of carboxylic acid groups (broad SMARTS) is 1. The second-order valence-electron chi connectivity index (χ2n) is 7.29. The molecule has 2 aliphatic heterocycles. The molecule has 2 saturated heterocycles. The Morgan fingerprint density at radius 1 is 1.21 bits per heavy atom. The van der Waals surface area contributed by atoms with Crippen LogP contribution in [0.5, 0.6) is 0 Å². The number of carbonyl (C=O) groups excluding carboxylic acids is 1. The second-order valence-corrected chi connectivity index (χ2v) is 7.29. The largest absolute Gasteiger partial charge is 0.479 e. The minimum atomic E-state index is -1.84. The molecule has 0 aromatic carbocycles. The zero-order valence-corrected chi connectivity index (χ0v) is 14.7. The van der Waals surface area contributed by atoms with Gasteiger partial charge in [0, 0.05) is 7.11 Å². The summed E-state index contributed by atoms with van der Waals surface area (Å²) in [6.07, 6.45) is -3.33. The van der Waals surface area contributed by atoms with Crippen molar-refractivity contribution in [1.82, 2.24) is 5.32 Å². The highest BCUT2D eigenvalue weighted by molar-refractivity contribution is 5.80. The molecule has 0 aromatic rings. The summed E-state index contributed by atoms with van der Waals surface area (Å²) in [5.74, 6) is -2.19. The van der Waals surface area contributed by atoms with Gasteiger partial charge >= 0.3 is 12.1 Å². The van der Waals surface area contributed by atoms with Crippen molar-refractivity contribution in [1.29, 1.82) is 0 Å². The number of methoxy groups -OCH3 is 1. The molecule has 9 heteroatoms. The Hall–Kier alpha value is -1.42. The van der Waals surface area contributed by atoms with Crippen LogP contribution in [-0.2, 0) is 28.5 Å². The van der Waals surface area contributed by atoms with Crippen LogP contribution < -0.4 is 5.32 Å². The van der Waals surface area contributed by atoms with E-state index in [2.05, 4.69) is 5.32 Å². The molecule has 0 aliphatic carbocycles. The minimum Gasteiger partial charge on any atom is -0.479 e. The van der Waals surface area contributed by atoms with E-state index < -0.39 is 47.5 Å². The van der Waals surface area contributed by atoms with E-state index >= 15 is 0 Å². The fourth-order valence-electron chi connectivity index (χ4n) is 2.83. The Morgan fingerprint density at radius 3 is 2.33 bits per heavy atom. The lowest BCUT2D eigenvalue weighted by Crippen LogP contribution is -2.58. The fourth-order valence-corrected chi connectivity index (χ4v) is 2.83. The maximum Gasteiger partial charge on any atom is 0.407 e. The van der Waals surface area contributed by atoms with Crippen molar-refractivity contribution in [3.8, 4) is 0 Å². The molecule has 0 spiro atoms. The fraction of sp³-hybridized carbons (Fsp3) is 0.867. The molecule has 2 fully saturated rings. The van der Waals surface area contributed by atoms with Gasteiger partial charge in [0.1, 0.15) is 17.8 Å². The normalized spacial score (nSPS) is 34.7. The summed E-state index contributed by atoms with van der Waals surface area (Å²) < 4.78 is 27.3. The predicted molar refractivity (Wildman–Crippen MR) is 80.3 cm³/mol. The standard InChI is InChI=1S/C15H25NO8/c1-13(2,3)24-12(19)16-7-15(11(17)18)9(20-6)8-10(23-15)22-14(4,5)21-8/h8-10H,7H2,1-6H3,(H,16,19)(H,17,18)/t8-,9-,10+,15+/m1/s1. The van der Waals surface area contributed by atoms with Gasteiger partial charge in [0.15, 0.2) is 12.1 Å². The van der Waals surface area contributed by atoms with Crippen LogP contribution in [0.15, 0.2) is 0 Å². The van der Waals surface area contributed by atoms with Gasteiger partial charge in [0.05, 0.1) is 6.54 Å². The van der Waals surface area contributed by atoms with Crippen LogP contribution in [0.4, 0.5) is 4.79 Å². The van der Waals surface area contributed by atoms with Crippen LogP contribution in [0.25, 0.3) is 0 Å². The SMILES string of the molecule is CO[C@@H]1[C@H]2OC(C)(C)O[C@H]2O[C@]1(CNC(=O)OC(C)(C)C)C(=O)O. The molecule has 2 heterocycles. The number of alkyl carbamates (subject to hydrolysis) is 1. The average molecular weight is 347 g/mol. The highest BCUT2D eigenvalue weighted by Gasteiger charge is 2.66. The van der Waals surface area contributed by atoms with Gasteiger partial charge in [0.25, 0.3) is 0 Å². The lowest BCUT2D eigenvalue weighted by Gasteiger charge is -2.32. The van der Waals surface area contributed by atoms with Crippen molar-refractivity contribution in [2.75, 3.05) is 13.7 Å². The Kier molecular flexibility index (Phi) is 4.84. The molecule has 2 aliphatic rings. The summed E-state index contributed by atoms with van der Waals surface area (Å²) in [5, 5.41) is 12.1. The van der Waals surface area contributed by atoms with E-state index in [0.29, 0.717) is 0 Å². The first-order chi connectivity index (χ1) is 10.9. The molecule has 0 aromatic heterocycles. The van der Waals surface area contributed by atoms with E-state index in [1.165, 1.54) is 7.11 Å². The topological polar surface area (TPSA) is 113 Å². The molecule has 0 saturated carbocycles. The van der Waals surface area contributed by atoms with Gasteiger partial charge in [-0.05, 0) is 34.6 Å². The molecule has 0 unspecified atom stereocenters. The van der Waals surface area contributed by atoms with Crippen molar-refractivity contribution < 1.29 is 38.4 Å². The lowest BCUT2D eigenvalue weighted by atomic mass is 9.95. The number of fused-ring (bicyclic) bond motifs is 1. The average Bonchev–Trinajstić information content (AvgIpc) is 2.83. The zero-order valence-electron chi connectivity index (χ0n) is 14.7. The van der Waals surface area contributed by atoms with Crippen molar-refractivity contribution in [2.24, 2.45) is 0 Å². The first kappa shape index (κ1) is 18.9.